The van der Waals surface area contributed by atoms with E-state index >= 15 is 0 Å². The summed E-state index contributed by atoms with van der Waals surface area (Å²) in [6, 6.07) is -0.106. The van der Waals surface area contributed by atoms with Gasteiger partial charge in [-0.05, 0) is 20.8 Å². The van der Waals surface area contributed by atoms with Crippen LogP contribution in [-0.4, -0.2) is 64.6 Å². The molecule has 0 radical (unpaired) electrons. The Bertz CT molecular complexity index is 501. The van der Waals surface area contributed by atoms with Gasteiger partial charge in [0.05, 0.1) is 49.5 Å². The Labute approximate surface area is 124 Å². The fraction of sp³-hybridized carbons (Fsp3) is 0.714. The van der Waals surface area contributed by atoms with Crippen molar-refractivity contribution in [2.75, 3.05) is 38.2 Å². The van der Waals surface area contributed by atoms with Crippen LogP contribution < -0.4 is 5.32 Å². The van der Waals surface area contributed by atoms with E-state index in [4.69, 9.17) is 4.74 Å². The predicted octanol–water partition coefficient (Wildman–Crippen LogP) is 0.151. The first kappa shape index (κ1) is 15.9. The SMILES string of the molecule is CCn1nc(C)c(NC(=O)CN2CCOC[C@@H]2CO)c1C. The van der Waals surface area contributed by atoms with Gasteiger partial charge in [0, 0.05) is 13.1 Å². The number of aromatic nitrogens is 2. The largest absolute Gasteiger partial charge is 0.395 e. The third-order valence-corrected chi connectivity index (χ3v) is 3.85. The fourth-order valence-corrected chi connectivity index (χ4v) is 2.61. The molecule has 7 heteroatoms. The average molecular weight is 296 g/mol. The van der Waals surface area contributed by atoms with Crippen LogP contribution in [0.5, 0.6) is 0 Å². The second kappa shape index (κ2) is 7.02. The number of amides is 1. The molecule has 0 aromatic carbocycles. The maximum Gasteiger partial charge on any atom is 0.238 e. The number of carbonyl (C=O) groups is 1. The Morgan fingerprint density at radius 3 is 2.90 bits per heavy atom. The summed E-state index contributed by atoms with van der Waals surface area (Å²) in [6.45, 7) is 8.60. The van der Waals surface area contributed by atoms with Gasteiger partial charge in [0.15, 0.2) is 0 Å². The van der Waals surface area contributed by atoms with Crippen LogP contribution in [0.3, 0.4) is 0 Å². The summed E-state index contributed by atoms with van der Waals surface area (Å²) in [7, 11) is 0. The number of aryl methyl sites for hydroxylation is 2. The lowest BCUT2D eigenvalue weighted by Gasteiger charge is -2.33. The third-order valence-electron chi connectivity index (χ3n) is 3.85. The first-order valence-electron chi connectivity index (χ1n) is 7.33. The van der Waals surface area contributed by atoms with Gasteiger partial charge in [0.2, 0.25) is 5.91 Å². The minimum atomic E-state index is -0.106. The first-order chi connectivity index (χ1) is 10.1. The maximum atomic E-state index is 12.2. The lowest BCUT2D eigenvalue weighted by Crippen LogP contribution is -2.50. The number of nitrogens with one attached hydrogen (secondary N) is 1. The third kappa shape index (κ3) is 3.61. The molecule has 1 aliphatic heterocycles. The van der Waals surface area contributed by atoms with Crippen molar-refractivity contribution in [3.63, 3.8) is 0 Å². The van der Waals surface area contributed by atoms with Gasteiger partial charge in [-0.2, -0.15) is 5.10 Å². The highest BCUT2D eigenvalue weighted by molar-refractivity contribution is 5.93. The number of nitrogens with zero attached hydrogens (tertiary/aromatic N) is 3. The zero-order valence-electron chi connectivity index (χ0n) is 12.9. The molecule has 0 unspecified atom stereocenters. The lowest BCUT2D eigenvalue weighted by molar-refractivity contribution is -0.120. The molecule has 2 heterocycles. The van der Waals surface area contributed by atoms with Crippen LogP contribution in [0.15, 0.2) is 0 Å². The first-order valence-corrected chi connectivity index (χ1v) is 7.33. The number of morpholine rings is 1. The molecule has 2 rings (SSSR count). The van der Waals surface area contributed by atoms with Crippen molar-refractivity contribution in [2.24, 2.45) is 0 Å². The van der Waals surface area contributed by atoms with Crippen LogP contribution in [0, 0.1) is 13.8 Å². The number of hydrogen-bond donors (Lipinski definition) is 2. The van der Waals surface area contributed by atoms with Gasteiger partial charge in [0.1, 0.15) is 0 Å². The Morgan fingerprint density at radius 2 is 2.29 bits per heavy atom. The molecule has 1 saturated heterocycles. The molecule has 0 spiro atoms. The molecule has 1 aliphatic rings. The van der Waals surface area contributed by atoms with Gasteiger partial charge in [-0.25, -0.2) is 0 Å². The van der Waals surface area contributed by atoms with Gasteiger partial charge in [-0.15, -0.1) is 0 Å². The van der Waals surface area contributed by atoms with E-state index in [2.05, 4.69) is 10.4 Å². The second-order valence-corrected chi connectivity index (χ2v) is 5.29. The zero-order chi connectivity index (χ0) is 15.4. The highest BCUT2D eigenvalue weighted by Gasteiger charge is 2.24. The van der Waals surface area contributed by atoms with Gasteiger partial charge in [0.25, 0.3) is 0 Å². The van der Waals surface area contributed by atoms with Crippen LogP contribution in [0.1, 0.15) is 18.3 Å². The number of hydrogen-bond acceptors (Lipinski definition) is 5. The number of aliphatic hydroxyl groups excluding tert-OH is 1. The summed E-state index contributed by atoms with van der Waals surface area (Å²) < 4.78 is 7.18. The van der Waals surface area contributed by atoms with E-state index in [9.17, 15) is 9.90 Å². The molecule has 1 aromatic rings. The van der Waals surface area contributed by atoms with E-state index in [0.717, 1.165) is 23.6 Å². The molecule has 0 saturated carbocycles. The standard InChI is InChI=1S/C14H24N4O3/c1-4-18-11(3)14(10(2)16-18)15-13(20)7-17-5-6-21-9-12(17)8-19/h12,19H,4-9H2,1-3H3,(H,15,20)/t12-/m0/s1. The Kier molecular flexibility index (Phi) is 5.33. The number of aliphatic hydroxyl groups is 1. The highest BCUT2D eigenvalue weighted by atomic mass is 16.5. The topological polar surface area (TPSA) is 79.6 Å². The summed E-state index contributed by atoms with van der Waals surface area (Å²) in [5.74, 6) is -0.0859. The number of rotatable bonds is 5. The average Bonchev–Trinajstić information content (AvgIpc) is 2.75. The molecule has 7 nitrogen and oxygen atoms in total. The lowest BCUT2D eigenvalue weighted by atomic mass is 10.2. The van der Waals surface area contributed by atoms with Crippen molar-refractivity contribution in [1.82, 2.24) is 14.7 Å². The van der Waals surface area contributed by atoms with Crippen molar-refractivity contribution in [3.8, 4) is 0 Å². The summed E-state index contributed by atoms with van der Waals surface area (Å²) in [6.07, 6.45) is 0. The van der Waals surface area contributed by atoms with Gasteiger partial charge < -0.3 is 15.2 Å². The van der Waals surface area contributed by atoms with Gasteiger partial charge in [-0.1, -0.05) is 0 Å². The highest BCUT2D eigenvalue weighted by Crippen LogP contribution is 2.19. The fourth-order valence-electron chi connectivity index (χ4n) is 2.61. The summed E-state index contributed by atoms with van der Waals surface area (Å²) in [5.41, 5.74) is 2.57. The van der Waals surface area contributed by atoms with Crippen LogP contribution in [0.2, 0.25) is 0 Å². The Balaban J connectivity index is 2.00. The van der Waals surface area contributed by atoms with Crippen molar-refractivity contribution in [3.05, 3.63) is 11.4 Å². The normalized spacial score (nSPS) is 19.7. The molecule has 2 N–H and O–H groups in total. The molecular formula is C14H24N4O3. The minimum absolute atomic E-state index is 0.000890. The van der Waals surface area contributed by atoms with Crippen LogP contribution in [0.25, 0.3) is 0 Å². The molecular weight excluding hydrogens is 272 g/mol. The van der Waals surface area contributed by atoms with Crippen molar-refractivity contribution in [1.29, 1.82) is 0 Å². The minimum Gasteiger partial charge on any atom is -0.395 e. The van der Waals surface area contributed by atoms with E-state index in [1.54, 1.807) is 0 Å². The number of ether oxygens (including phenoxy) is 1. The van der Waals surface area contributed by atoms with Gasteiger partial charge in [-0.3, -0.25) is 14.4 Å². The number of carbonyl (C=O) groups excluding carboxylic acids is 1. The summed E-state index contributed by atoms with van der Waals surface area (Å²) >= 11 is 0. The maximum absolute atomic E-state index is 12.2. The Hall–Kier alpha value is -1.44. The monoisotopic (exact) mass is 296 g/mol. The molecule has 1 amide bonds. The smallest absolute Gasteiger partial charge is 0.238 e. The van der Waals surface area contributed by atoms with E-state index < -0.39 is 0 Å². The summed E-state index contributed by atoms with van der Waals surface area (Å²) in [5, 5.41) is 16.6. The molecule has 1 atom stereocenters. The predicted molar refractivity (Wildman–Crippen MR) is 79.3 cm³/mol. The van der Waals surface area contributed by atoms with Crippen molar-refractivity contribution >= 4 is 11.6 Å². The van der Waals surface area contributed by atoms with E-state index in [1.807, 2.05) is 30.4 Å². The van der Waals surface area contributed by atoms with Crippen LogP contribution >= 0.6 is 0 Å². The quantitative estimate of drug-likeness (QED) is 0.808. The zero-order valence-corrected chi connectivity index (χ0v) is 12.9. The van der Waals surface area contributed by atoms with Crippen LogP contribution in [0.4, 0.5) is 5.69 Å². The molecule has 1 fully saturated rings. The van der Waals surface area contributed by atoms with E-state index in [0.29, 0.717) is 19.8 Å². The molecule has 21 heavy (non-hydrogen) atoms. The van der Waals surface area contributed by atoms with Gasteiger partial charge >= 0.3 is 0 Å². The van der Waals surface area contributed by atoms with E-state index in [-0.39, 0.29) is 25.1 Å². The summed E-state index contributed by atoms with van der Waals surface area (Å²) in [4.78, 5) is 14.2. The van der Waals surface area contributed by atoms with Crippen LogP contribution in [-0.2, 0) is 16.1 Å². The Morgan fingerprint density at radius 1 is 1.52 bits per heavy atom. The molecule has 0 aliphatic carbocycles. The van der Waals surface area contributed by atoms with Crippen molar-refractivity contribution < 1.29 is 14.6 Å². The molecule has 1 aromatic heterocycles. The van der Waals surface area contributed by atoms with E-state index in [1.165, 1.54) is 0 Å². The molecule has 118 valence electrons. The molecule has 0 bridgehead atoms. The number of anilines is 1. The van der Waals surface area contributed by atoms with Crippen molar-refractivity contribution in [2.45, 2.75) is 33.4 Å². The second-order valence-electron chi connectivity index (χ2n) is 5.29.